The minimum atomic E-state index is -0.322. The van der Waals surface area contributed by atoms with Crippen molar-refractivity contribution in [2.45, 2.75) is 20.3 Å². The van der Waals surface area contributed by atoms with Gasteiger partial charge in [0.1, 0.15) is 5.82 Å². The molecule has 19 heavy (non-hydrogen) atoms. The molecule has 0 aromatic heterocycles. The molecule has 2 aromatic carbocycles. The minimum Gasteiger partial charge on any atom is -0.326 e. The Kier molecular flexibility index (Phi) is 3.95. The first-order chi connectivity index (χ1) is 9.04. The Bertz CT molecular complexity index is 607. The van der Waals surface area contributed by atoms with Crippen molar-refractivity contribution in [2.75, 3.05) is 5.32 Å². The van der Waals surface area contributed by atoms with Crippen LogP contribution in [0.5, 0.6) is 0 Å². The van der Waals surface area contributed by atoms with E-state index in [-0.39, 0.29) is 18.1 Å². The predicted molar refractivity (Wildman–Crippen MR) is 74.6 cm³/mol. The quantitative estimate of drug-likeness (QED) is 0.894. The van der Waals surface area contributed by atoms with Crippen molar-refractivity contribution in [1.29, 1.82) is 0 Å². The highest BCUT2D eigenvalue weighted by molar-refractivity contribution is 5.92. The standard InChI is InChI=1S/C16H16FNO/c1-11-6-7-15(12(2)8-11)18-16(19)10-13-4-3-5-14(17)9-13/h3-9H,10H2,1-2H3,(H,18,19). The summed E-state index contributed by atoms with van der Waals surface area (Å²) in [7, 11) is 0. The van der Waals surface area contributed by atoms with Gasteiger partial charge in [-0.25, -0.2) is 4.39 Å². The molecule has 0 unspecified atom stereocenters. The van der Waals surface area contributed by atoms with Gasteiger partial charge in [0.25, 0.3) is 0 Å². The third-order valence-corrected chi connectivity index (χ3v) is 2.91. The van der Waals surface area contributed by atoms with E-state index < -0.39 is 0 Å². The summed E-state index contributed by atoms with van der Waals surface area (Å²) in [6.07, 6.45) is 0.172. The number of carbonyl (C=O) groups is 1. The van der Waals surface area contributed by atoms with E-state index in [2.05, 4.69) is 5.32 Å². The Labute approximate surface area is 112 Å². The Balaban J connectivity index is 2.05. The van der Waals surface area contributed by atoms with Gasteiger partial charge in [-0.05, 0) is 43.2 Å². The van der Waals surface area contributed by atoms with Gasteiger partial charge >= 0.3 is 0 Å². The fraction of sp³-hybridized carbons (Fsp3) is 0.188. The number of nitrogens with one attached hydrogen (secondary N) is 1. The van der Waals surface area contributed by atoms with E-state index in [4.69, 9.17) is 0 Å². The summed E-state index contributed by atoms with van der Waals surface area (Å²) in [5.41, 5.74) is 3.64. The van der Waals surface area contributed by atoms with Crippen molar-refractivity contribution in [3.05, 3.63) is 65.0 Å². The minimum absolute atomic E-state index is 0.141. The first-order valence-corrected chi connectivity index (χ1v) is 6.16. The Morgan fingerprint density at radius 2 is 1.95 bits per heavy atom. The lowest BCUT2D eigenvalue weighted by molar-refractivity contribution is -0.115. The van der Waals surface area contributed by atoms with Crippen molar-refractivity contribution in [2.24, 2.45) is 0 Å². The van der Waals surface area contributed by atoms with Gasteiger partial charge in [0.15, 0.2) is 0 Å². The van der Waals surface area contributed by atoms with Crippen molar-refractivity contribution in [3.8, 4) is 0 Å². The summed E-state index contributed by atoms with van der Waals surface area (Å²) in [6, 6.07) is 11.9. The van der Waals surface area contributed by atoms with Gasteiger partial charge in [-0.3, -0.25) is 4.79 Å². The molecule has 0 fully saturated rings. The summed E-state index contributed by atoms with van der Waals surface area (Å²) in [5, 5.41) is 2.84. The van der Waals surface area contributed by atoms with E-state index >= 15 is 0 Å². The molecule has 1 N–H and O–H groups in total. The fourth-order valence-corrected chi connectivity index (χ4v) is 1.98. The number of aryl methyl sites for hydroxylation is 2. The van der Waals surface area contributed by atoms with Gasteiger partial charge < -0.3 is 5.32 Å². The number of halogens is 1. The molecule has 0 saturated carbocycles. The van der Waals surface area contributed by atoms with Crippen molar-refractivity contribution < 1.29 is 9.18 Å². The molecule has 1 amide bonds. The molecule has 0 spiro atoms. The van der Waals surface area contributed by atoms with Crippen LogP contribution in [0.4, 0.5) is 10.1 Å². The molecule has 0 saturated heterocycles. The third-order valence-electron chi connectivity index (χ3n) is 2.91. The van der Waals surface area contributed by atoms with E-state index in [1.165, 1.54) is 12.1 Å². The molecule has 0 radical (unpaired) electrons. The molecular formula is C16H16FNO. The summed E-state index contributed by atoms with van der Waals surface area (Å²) in [4.78, 5) is 11.9. The van der Waals surface area contributed by atoms with E-state index in [0.717, 1.165) is 16.8 Å². The van der Waals surface area contributed by atoms with Crippen LogP contribution in [0.2, 0.25) is 0 Å². The van der Waals surface area contributed by atoms with Crippen LogP contribution >= 0.6 is 0 Å². The SMILES string of the molecule is Cc1ccc(NC(=O)Cc2cccc(F)c2)c(C)c1. The molecule has 98 valence electrons. The lowest BCUT2D eigenvalue weighted by Crippen LogP contribution is -2.15. The molecule has 0 aliphatic heterocycles. The normalized spacial score (nSPS) is 10.3. The Morgan fingerprint density at radius 3 is 2.63 bits per heavy atom. The van der Waals surface area contributed by atoms with Gasteiger partial charge in [-0.2, -0.15) is 0 Å². The lowest BCUT2D eigenvalue weighted by Gasteiger charge is -2.09. The number of rotatable bonds is 3. The molecule has 0 aliphatic carbocycles. The topological polar surface area (TPSA) is 29.1 Å². The van der Waals surface area contributed by atoms with Gasteiger partial charge in [0.2, 0.25) is 5.91 Å². The largest absolute Gasteiger partial charge is 0.326 e. The van der Waals surface area contributed by atoms with E-state index in [1.807, 2.05) is 32.0 Å². The predicted octanol–water partition coefficient (Wildman–Crippen LogP) is 3.62. The van der Waals surface area contributed by atoms with Crippen LogP contribution in [0.25, 0.3) is 0 Å². The molecule has 2 aromatic rings. The van der Waals surface area contributed by atoms with Crippen LogP contribution in [0.3, 0.4) is 0 Å². The van der Waals surface area contributed by atoms with E-state index in [9.17, 15) is 9.18 Å². The maximum Gasteiger partial charge on any atom is 0.228 e. The second kappa shape index (κ2) is 5.65. The highest BCUT2D eigenvalue weighted by Crippen LogP contribution is 2.16. The van der Waals surface area contributed by atoms with Crippen molar-refractivity contribution >= 4 is 11.6 Å². The average Bonchev–Trinajstić information content (AvgIpc) is 2.33. The third kappa shape index (κ3) is 3.65. The van der Waals surface area contributed by atoms with Gasteiger partial charge in [0, 0.05) is 5.69 Å². The second-order valence-corrected chi connectivity index (χ2v) is 4.67. The Hall–Kier alpha value is -2.16. The molecule has 0 aliphatic rings. The van der Waals surface area contributed by atoms with Gasteiger partial charge in [-0.15, -0.1) is 0 Å². The smallest absolute Gasteiger partial charge is 0.228 e. The highest BCUT2D eigenvalue weighted by Gasteiger charge is 2.06. The number of hydrogen-bond donors (Lipinski definition) is 1. The summed E-state index contributed by atoms with van der Waals surface area (Å²) < 4.78 is 13.0. The number of carbonyl (C=O) groups excluding carboxylic acids is 1. The highest BCUT2D eigenvalue weighted by atomic mass is 19.1. The molecular weight excluding hydrogens is 241 g/mol. The second-order valence-electron chi connectivity index (χ2n) is 4.67. The van der Waals surface area contributed by atoms with Gasteiger partial charge in [-0.1, -0.05) is 29.8 Å². The number of amides is 1. The number of hydrogen-bond acceptors (Lipinski definition) is 1. The molecule has 2 rings (SSSR count). The van der Waals surface area contributed by atoms with Crippen LogP contribution in [-0.2, 0) is 11.2 Å². The number of benzene rings is 2. The van der Waals surface area contributed by atoms with Gasteiger partial charge in [0.05, 0.1) is 6.42 Å². The number of anilines is 1. The van der Waals surface area contributed by atoms with Crippen LogP contribution in [0, 0.1) is 19.7 Å². The summed E-state index contributed by atoms with van der Waals surface area (Å²) in [6.45, 7) is 3.95. The zero-order valence-electron chi connectivity index (χ0n) is 11.0. The first-order valence-electron chi connectivity index (χ1n) is 6.16. The van der Waals surface area contributed by atoms with Crippen molar-refractivity contribution in [1.82, 2.24) is 0 Å². The summed E-state index contributed by atoms with van der Waals surface area (Å²) >= 11 is 0. The van der Waals surface area contributed by atoms with Crippen LogP contribution in [0.15, 0.2) is 42.5 Å². The molecule has 2 nitrogen and oxygen atoms in total. The average molecular weight is 257 g/mol. The molecule has 0 heterocycles. The fourth-order valence-electron chi connectivity index (χ4n) is 1.98. The van der Waals surface area contributed by atoms with Crippen molar-refractivity contribution in [3.63, 3.8) is 0 Å². The van der Waals surface area contributed by atoms with E-state index in [1.54, 1.807) is 12.1 Å². The Morgan fingerprint density at radius 1 is 1.16 bits per heavy atom. The molecule has 0 atom stereocenters. The van der Waals surface area contributed by atoms with Crippen LogP contribution in [0.1, 0.15) is 16.7 Å². The zero-order valence-corrected chi connectivity index (χ0v) is 11.0. The lowest BCUT2D eigenvalue weighted by atomic mass is 10.1. The zero-order chi connectivity index (χ0) is 13.8. The summed E-state index contributed by atoms with van der Waals surface area (Å²) in [5.74, 6) is -0.464. The monoisotopic (exact) mass is 257 g/mol. The van der Waals surface area contributed by atoms with Crippen LogP contribution < -0.4 is 5.32 Å². The maximum absolute atomic E-state index is 13.0. The van der Waals surface area contributed by atoms with E-state index in [0.29, 0.717) is 5.56 Å². The molecule has 0 bridgehead atoms. The van der Waals surface area contributed by atoms with Crippen LogP contribution in [-0.4, -0.2) is 5.91 Å². The molecule has 3 heteroatoms. The maximum atomic E-state index is 13.0. The first kappa shape index (κ1) is 13.3.